The van der Waals surface area contributed by atoms with Gasteiger partial charge in [0.1, 0.15) is 5.92 Å². The summed E-state index contributed by atoms with van der Waals surface area (Å²) in [5.74, 6) is -9.42. The molecule has 1 fully saturated rings. The molecule has 0 radical (unpaired) electrons. The van der Waals surface area contributed by atoms with E-state index < -0.39 is 59.7 Å². The van der Waals surface area contributed by atoms with Crippen molar-refractivity contribution >= 4 is 29.8 Å². The Hall–Kier alpha value is -2.69. The van der Waals surface area contributed by atoms with Crippen LogP contribution in [-0.2, 0) is 42.9 Å². The first-order valence-electron chi connectivity index (χ1n) is 9.37. The van der Waals surface area contributed by atoms with E-state index in [1.807, 2.05) is 0 Å². The van der Waals surface area contributed by atoms with E-state index in [1.54, 1.807) is 0 Å². The van der Waals surface area contributed by atoms with Gasteiger partial charge in [-0.1, -0.05) is 0 Å². The number of amides is 1. The van der Waals surface area contributed by atoms with Gasteiger partial charge < -0.3 is 29.4 Å². The number of ether oxygens (including phenoxy) is 4. The summed E-state index contributed by atoms with van der Waals surface area (Å²) >= 11 is 0. The van der Waals surface area contributed by atoms with Gasteiger partial charge in [-0.15, -0.1) is 0 Å². The zero-order valence-corrected chi connectivity index (χ0v) is 16.9. The van der Waals surface area contributed by atoms with Crippen LogP contribution < -0.4 is 5.32 Å². The first-order chi connectivity index (χ1) is 13.8. The molecule has 11 heteroatoms. The first kappa shape index (κ1) is 24.3. The molecule has 1 amide bonds. The van der Waals surface area contributed by atoms with Crippen LogP contribution in [0.25, 0.3) is 0 Å². The van der Waals surface area contributed by atoms with Gasteiger partial charge in [-0.05, 0) is 27.7 Å². The molecule has 11 nitrogen and oxygen atoms in total. The van der Waals surface area contributed by atoms with Crippen molar-refractivity contribution in [3.05, 3.63) is 0 Å². The fraction of sp³-hybridized carbons (Fsp3) is 0.722. The molecule has 0 unspecified atom stereocenters. The molecular weight excluding hydrogens is 390 g/mol. The van der Waals surface area contributed by atoms with E-state index in [-0.39, 0.29) is 26.4 Å². The van der Waals surface area contributed by atoms with Gasteiger partial charge in [-0.3, -0.25) is 24.0 Å². The second kappa shape index (κ2) is 10.7. The normalized spacial score (nSPS) is 21.1. The van der Waals surface area contributed by atoms with E-state index in [0.717, 1.165) is 0 Å². The summed E-state index contributed by atoms with van der Waals surface area (Å²) in [6.07, 6.45) is 0. The molecule has 1 rings (SSSR count). The SMILES string of the molecule is CCOC(=O)[C@@H]1C(=O)N[C@H](CO)[C@H]1C(C(=O)OCC)(C(=O)OCC)C(=O)OCC. The predicted octanol–water partition coefficient (Wildman–Crippen LogP) is -1.05. The van der Waals surface area contributed by atoms with Gasteiger partial charge in [-0.25, -0.2) is 0 Å². The maximum Gasteiger partial charge on any atom is 0.335 e. The molecule has 0 spiro atoms. The smallest absolute Gasteiger partial charge is 0.335 e. The maximum absolute atomic E-state index is 13.0. The summed E-state index contributed by atoms with van der Waals surface area (Å²) in [7, 11) is 0. The van der Waals surface area contributed by atoms with Crippen LogP contribution in [0.15, 0.2) is 0 Å². The van der Waals surface area contributed by atoms with E-state index >= 15 is 0 Å². The number of rotatable bonds is 10. The zero-order valence-electron chi connectivity index (χ0n) is 16.9. The maximum atomic E-state index is 13.0. The first-order valence-corrected chi connectivity index (χ1v) is 9.37. The Kier molecular flexibility index (Phi) is 9.02. The van der Waals surface area contributed by atoms with E-state index in [2.05, 4.69) is 5.32 Å². The Morgan fingerprint density at radius 2 is 1.28 bits per heavy atom. The molecule has 1 heterocycles. The van der Waals surface area contributed by atoms with Crippen LogP contribution in [0.3, 0.4) is 0 Å². The lowest BCUT2D eigenvalue weighted by Crippen LogP contribution is -2.60. The van der Waals surface area contributed by atoms with Crippen LogP contribution in [0.1, 0.15) is 27.7 Å². The molecule has 0 aliphatic carbocycles. The number of carbonyl (C=O) groups excluding carboxylic acids is 5. The highest BCUT2D eigenvalue weighted by Crippen LogP contribution is 2.43. The number of nitrogens with one attached hydrogen (secondary N) is 1. The molecule has 0 aromatic rings. The van der Waals surface area contributed by atoms with Crippen molar-refractivity contribution < 1.29 is 48.0 Å². The quantitative estimate of drug-likeness (QED) is 0.255. The molecule has 1 aliphatic rings. The van der Waals surface area contributed by atoms with Crippen LogP contribution in [0.2, 0.25) is 0 Å². The average Bonchev–Trinajstić information content (AvgIpc) is 3.00. The van der Waals surface area contributed by atoms with Crippen LogP contribution in [0, 0.1) is 17.3 Å². The van der Waals surface area contributed by atoms with Crippen LogP contribution >= 0.6 is 0 Å². The fourth-order valence-corrected chi connectivity index (χ4v) is 3.35. The zero-order chi connectivity index (χ0) is 22.2. The standard InChI is InChI=1S/C18H27NO10/c1-5-26-14(22)11-12(10(9-20)19-13(11)21)18(15(23)27-6-2,16(24)28-7-3)17(25)29-8-4/h10-12,20H,5-9H2,1-4H3,(H,19,21)/t10-,11+,12-/m1/s1. The summed E-state index contributed by atoms with van der Waals surface area (Å²) < 4.78 is 19.8. The minimum Gasteiger partial charge on any atom is -0.465 e. The molecule has 3 atom stereocenters. The van der Waals surface area contributed by atoms with Crippen LogP contribution in [0.5, 0.6) is 0 Å². The lowest BCUT2D eigenvalue weighted by Gasteiger charge is -2.35. The Morgan fingerprint density at radius 1 is 0.862 bits per heavy atom. The molecule has 2 N–H and O–H groups in total. The molecule has 0 aromatic heterocycles. The summed E-state index contributed by atoms with van der Waals surface area (Å²) in [6, 6.07) is -1.31. The van der Waals surface area contributed by atoms with Crippen LogP contribution in [-0.4, -0.2) is 74.0 Å². The van der Waals surface area contributed by atoms with Gasteiger partial charge in [0, 0.05) is 5.92 Å². The fourth-order valence-electron chi connectivity index (χ4n) is 3.35. The van der Waals surface area contributed by atoms with Crippen LogP contribution in [0.4, 0.5) is 0 Å². The third kappa shape index (κ3) is 4.50. The third-order valence-corrected chi connectivity index (χ3v) is 4.43. The highest BCUT2D eigenvalue weighted by atomic mass is 16.6. The van der Waals surface area contributed by atoms with E-state index in [4.69, 9.17) is 18.9 Å². The Morgan fingerprint density at radius 3 is 1.62 bits per heavy atom. The molecule has 0 saturated carbocycles. The van der Waals surface area contributed by atoms with E-state index in [1.165, 1.54) is 27.7 Å². The third-order valence-electron chi connectivity index (χ3n) is 4.43. The van der Waals surface area contributed by atoms with Gasteiger partial charge in [-0.2, -0.15) is 0 Å². The molecule has 1 saturated heterocycles. The van der Waals surface area contributed by atoms with Crippen molar-refractivity contribution in [1.82, 2.24) is 5.32 Å². The number of esters is 4. The Balaban J connectivity index is 3.78. The molecule has 0 bridgehead atoms. The van der Waals surface area contributed by atoms with Gasteiger partial charge in [0.2, 0.25) is 5.91 Å². The topological polar surface area (TPSA) is 155 Å². The number of aliphatic hydroxyl groups is 1. The number of aliphatic hydroxyl groups excluding tert-OH is 1. The van der Waals surface area contributed by atoms with Gasteiger partial charge in [0.15, 0.2) is 0 Å². The highest BCUT2D eigenvalue weighted by molar-refractivity contribution is 6.20. The number of carbonyl (C=O) groups is 5. The van der Waals surface area contributed by atoms with E-state index in [0.29, 0.717) is 0 Å². The number of hydrogen-bond acceptors (Lipinski definition) is 10. The second-order valence-corrected chi connectivity index (χ2v) is 6.02. The van der Waals surface area contributed by atoms with Crippen molar-refractivity contribution in [3.8, 4) is 0 Å². The second-order valence-electron chi connectivity index (χ2n) is 6.02. The lowest BCUT2D eigenvalue weighted by molar-refractivity contribution is -0.191. The molecular formula is C18H27NO10. The summed E-state index contributed by atoms with van der Waals surface area (Å²) in [6.45, 7) is 4.36. The minimum atomic E-state index is -2.81. The number of hydrogen-bond donors (Lipinski definition) is 2. The lowest BCUT2D eigenvalue weighted by atomic mass is 9.67. The average molecular weight is 417 g/mol. The summed E-state index contributed by atoms with van der Waals surface area (Å²) in [5.41, 5.74) is -2.81. The minimum absolute atomic E-state index is 0.0929. The molecule has 1 aliphatic heterocycles. The molecule has 29 heavy (non-hydrogen) atoms. The molecule has 0 aromatic carbocycles. The van der Waals surface area contributed by atoms with Crippen molar-refractivity contribution in [2.75, 3.05) is 33.0 Å². The van der Waals surface area contributed by atoms with E-state index in [9.17, 15) is 29.1 Å². The monoisotopic (exact) mass is 417 g/mol. The van der Waals surface area contributed by atoms with Gasteiger partial charge >= 0.3 is 23.9 Å². The van der Waals surface area contributed by atoms with Crippen molar-refractivity contribution in [2.45, 2.75) is 33.7 Å². The van der Waals surface area contributed by atoms with Crippen molar-refractivity contribution in [3.63, 3.8) is 0 Å². The van der Waals surface area contributed by atoms with Crippen molar-refractivity contribution in [1.29, 1.82) is 0 Å². The Bertz CT molecular complexity index is 601. The highest BCUT2D eigenvalue weighted by Gasteiger charge is 2.70. The van der Waals surface area contributed by atoms with Gasteiger partial charge in [0.05, 0.1) is 39.1 Å². The largest absolute Gasteiger partial charge is 0.465 e. The van der Waals surface area contributed by atoms with Gasteiger partial charge in [0.25, 0.3) is 5.41 Å². The molecule has 164 valence electrons. The Labute approximate surface area is 168 Å². The summed E-state index contributed by atoms with van der Waals surface area (Å²) in [5, 5.41) is 12.1. The summed E-state index contributed by atoms with van der Waals surface area (Å²) in [4.78, 5) is 63.9. The predicted molar refractivity (Wildman–Crippen MR) is 95.0 cm³/mol. The van der Waals surface area contributed by atoms with Crippen molar-refractivity contribution in [2.24, 2.45) is 17.3 Å².